The predicted molar refractivity (Wildman–Crippen MR) is 185 cm³/mol. The first-order valence-electron chi connectivity index (χ1n) is 16.4. The van der Waals surface area contributed by atoms with Crippen LogP contribution in [0.5, 0.6) is 0 Å². The normalized spacial score (nSPS) is 24.3. The van der Waals surface area contributed by atoms with Gasteiger partial charge in [-0.15, -0.1) is 0 Å². The standard InChI is InChI=1S/C38H51N3OSi/c1-8-10-20-38(26-39-28(4)42)21-19-34-32-17-13-14-18-33(32)35-23-30(22-29-15-11-12-16-29)36(43(5,6)7)25-41(35)37(34)27(3)40-31(9-2)24-38/h9-10,13-14,17-18,20,23,25,29,34,37,39H,2-4,8,11-12,15-16,19,21-22,24,26H2,1,5-7H3/p+1. The molecule has 1 saturated carbocycles. The summed E-state index contributed by atoms with van der Waals surface area (Å²) in [5, 5.41) is 14.7. The number of aliphatic imine (C=N–C) groups is 1. The number of hydrogen-bond donors (Lipinski definition) is 2. The molecule has 2 aromatic rings. The number of aliphatic hydroxyl groups is 1. The molecule has 2 aliphatic heterocycles. The molecule has 3 unspecified atom stereocenters. The molecule has 0 saturated heterocycles. The Kier molecular flexibility index (Phi) is 9.31. The van der Waals surface area contributed by atoms with Crippen LogP contribution in [0.4, 0.5) is 0 Å². The molecule has 43 heavy (non-hydrogen) atoms. The summed E-state index contributed by atoms with van der Waals surface area (Å²) in [6, 6.07) is 11.6. The fourth-order valence-corrected chi connectivity index (χ4v) is 9.51. The summed E-state index contributed by atoms with van der Waals surface area (Å²) in [7, 11) is -1.64. The van der Waals surface area contributed by atoms with E-state index in [-0.39, 0.29) is 23.3 Å². The predicted octanol–water partition coefficient (Wildman–Crippen LogP) is 8.45. The average Bonchev–Trinajstić information content (AvgIpc) is 3.50. The van der Waals surface area contributed by atoms with Gasteiger partial charge in [-0.3, -0.25) is 4.99 Å². The molecule has 1 fully saturated rings. The number of aliphatic hydroxyl groups excluding tert-OH is 1. The number of rotatable bonds is 9. The highest BCUT2D eigenvalue weighted by Gasteiger charge is 2.45. The molecule has 3 heterocycles. The smallest absolute Gasteiger partial charge is 0.213 e. The Labute approximate surface area is 261 Å². The molecular weight excluding hydrogens is 543 g/mol. The number of fused-ring (bicyclic) bond motifs is 6. The number of hydrogen-bond acceptors (Lipinski definition) is 3. The van der Waals surface area contributed by atoms with Crippen molar-refractivity contribution in [1.82, 2.24) is 5.32 Å². The first-order valence-corrected chi connectivity index (χ1v) is 19.9. The lowest BCUT2D eigenvalue weighted by Crippen LogP contribution is -2.54. The molecule has 1 aromatic heterocycles. The first-order chi connectivity index (χ1) is 20.5. The molecule has 3 aliphatic rings. The monoisotopic (exact) mass is 594 g/mol. The summed E-state index contributed by atoms with van der Waals surface area (Å²) in [4.78, 5) is 5.25. The number of nitrogens with one attached hydrogen (secondary N) is 1. The molecule has 1 aromatic carbocycles. The van der Waals surface area contributed by atoms with E-state index in [1.807, 2.05) is 6.08 Å². The summed E-state index contributed by atoms with van der Waals surface area (Å²) in [5.41, 5.74) is 7.22. The van der Waals surface area contributed by atoms with Gasteiger partial charge in [0, 0.05) is 40.9 Å². The van der Waals surface area contributed by atoms with E-state index in [0.29, 0.717) is 6.54 Å². The third-order valence-corrected chi connectivity index (χ3v) is 12.1. The Hall–Kier alpha value is -3.18. The van der Waals surface area contributed by atoms with Gasteiger partial charge in [-0.25, -0.2) is 0 Å². The molecule has 5 heteroatoms. The fourth-order valence-electron chi connectivity index (χ4n) is 7.85. The minimum Gasteiger partial charge on any atom is -0.495 e. The molecule has 0 amide bonds. The van der Waals surface area contributed by atoms with Crippen molar-refractivity contribution in [1.29, 1.82) is 0 Å². The second-order valence-electron chi connectivity index (χ2n) is 14.2. The third-order valence-electron chi connectivity index (χ3n) is 10.0. The largest absolute Gasteiger partial charge is 0.495 e. The Bertz CT molecular complexity index is 1440. The molecular formula is C38H52N3OSi+. The van der Waals surface area contributed by atoms with E-state index in [0.717, 1.165) is 43.0 Å². The highest BCUT2D eigenvalue weighted by Crippen LogP contribution is 2.47. The van der Waals surface area contributed by atoms with Crippen molar-refractivity contribution < 1.29 is 9.67 Å². The van der Waals surface area contributed by atoms with Crippen LogP contribution < -0.4 is 15.1 Å². The Morgan fingerprint density at radius 1 is 1.19 bits per heavy atom. The SMILES string of the molecule is C=CC1=NC(=C)C2C(CCC(C=CCC)(CNC(=C)O)C1)c1ccccc1-c1cc(CC3CCCC3)c([Si](C)(C)C)c[n+]12. The van der Waals surface area contributed by atoms with Crippen LogP contribution in [-0.2, 0) is 6.42 Å². The number of pyridine rings is 1. The van der Waals surface area contributed by atoms with E-state index < -0.39 is 8.07 Å². The number of aromatic nitrogens is 1. The van der Waals surface area contributed by atoms with Crippen molar-refractivity contribution in [3.63, 3.8) is 0 Å². The quantitative estimate of drug-likeness (QED) is 0.132. The van der Waals surface area contributed by atoms with E-state index in [2.05, 4.69) is 105 Å². The van der Waals surface area contributed by atoms with Gasteiger partial charge in [0.15, 0.2) is 12.1 Å². The van der Waals surface area contributed by atoms with Gasteiger partial charge in [0.05, 0.1) is 14.0 Å². The zero-order chi connectivity index (χ0) is 30.8. The second-order valence-corrected chi connectivity index (χ2v) is 19.3. The highest BCUT2D eigenvalue weighted by atomic mass is 28.3. The molecule has 5 rings (SSSR count). The molecule has 0 spiro atoms. The molecule has 0 radical (unpaired) electrons. The van der Waals surface area contributed by atoms with E-state index in [1.54, 1.807) is 10.8 Å². The van der Waals surface area contributed by atoms with Crippen LogP contribution in [0.15, 0.2) is 91.1 Å². The Balaban J connectivity index is 1.68. The van der Waals surface area contributed by atoms with E-state index in [4.69, 9.17) is 4.99 Å². The average molecular weight is 595 g/mol. The van der Waals surface area contributed by atoms with Crippen LogP contribution in [0.1, 0.15) is 81.4 Å². The van der Waals surface area contributed by atoms with Crippen molar-refractivity contribution in [2.75, 3.05) is 6.54 Å². The lowest BCUT2D eigenvalue weighted by atomic mass is 9.72. The van der Waals surface area contributed by atoms with E-state index >= 15 is 0 Å². The van der Waals surface area contributed by atoms with Gasteiger partial charge in [0.1, 0.15) is 5.70 Å². The van der Waals surface area contributed by atoms with E-state index in [9.17, 15) is 5.11 Å². The summed E-state index contributed by atoms with van der Waals surface area (Å²) in [6.07, 6.45) is 19.3. The molecule has 4 nitrogen and oxygen atoms in total. The fraction of sp³-hybridized carbons (Fsp3) is 0.474. The van der Waals surface area contributed by atoms with Crippen molar-refractivity contribution in [2.24, 2.45) is 16.3 Å². The van der Waals surface area contributed by atoms with Crippen LogP contribution in [0.25, 0.3) is 11.3 Å². The van der Waals surface area contributed by atoms with Crippen LogP contribution in [-0.4, -0.2) is 25.4 Å². The number of nitrogens with zero attached hydrogens (tertiary/aromatic N) is 2. The van der Waals surface area contributed by atoms with E-state index in [1.165, 1.54) is 48.9 Å². The van der Waals surface area contributed by atoms with Crippen LogP contribution in [0.2, 0.25) is 19.6 Å². The van der Waals surface area contributed by atoms with Crippen molar-refractivity contribution in [3.05, 3.63) is 97.2 Å². The maximum Gasteiger partial charge on any atom is 0.213 e. The minimum absolute atomic E-state index is 0.00306. The summed E-state index contributed by atoms with van der Waals surface area (Å²) < 4.78 is 2.55. The van der Waals surface area contributed by atoms with Gasteiger partial charge >= 0.3 is 0 Å². The van der Waals surface area contributed by atoms with Gasteiger partial charge in [-0.05, 0) is 61.4 Å². The zero-order valence-electron chi connectivity index (χ0n) is 27.0. The summed E-state index contributed by atoms with van der Waals surface area (Å²) >= 11 is 0. The first kappa shape index (κ1) is 31.2. The molecule has 1 aliphatic carbocycles. The van der Waals surface area contributed by atoms with Crippen LogP contribution in [0.3, 0.4) is 0 Å². The van der Waals surface area contributed by atoms with Gasteiger partial charge in [-0.2, -0.15) is 4.57 Å². The lowest BCUT2D eigenvalue weighted by Gasteiger charge is -2.35. The molecule has 228 valence electrons. The lowest BCUT2D eigenvalue weighted by molar-refractivity contribution is -0.708. The Morgan fingerprint density at radius 2 is 1.93 bits per heavy atom. The van der Waals surface area contributed by atoms with Crippen LogP contribution >= 0.6 is 0 Å². The van der Waals surface area contributed by atoms with Gasteiger partial charge in [-0.1, -0.05) is 95.8 Å². The van der Waals surface area contributed by atoms with Crippen LogP contribution in [0, 0.1) is 11.3 Å². The van der Waals surface area contributed by atoms with Crippen molar-refractivity contribution in [2.45, 2.75) is 96.3 Å². The molecule has 3 atom stereocenters. The van der Waals surface area contributed by atoms with Crippen molar-refractivity contribution in [3.8, 4) is 11.3 Å². The molecule has 0 bridgehead atoms. The second kappa shape index (κ2) is 12.8. The zero-order valence-corrected chi connectivity index (χ0v) is 28.0. The number of allylic oxidation sites excluding steroid dienone is 3. The van der Waals surface area contributed by atoms with Gasteiger partial charge in [0.2, 0.25) is 11.7 Å². The third kappa shape index (κ3) is 6.67. The Morgan fingerprint density at radius 3 is 2.60 bits per heavy atom. The summed E-state index contributed by atoms with van der Waals surface area (Å²) in [5.74, 6) is 1.04. The minimum atomic E-state index is -1.64. The van der Waals surface area contributed by atoms with Gasteiger partial charge < -0.3 is 10.4 Å². The highest BCUT2D eigenvalue weighted by molar-refractivity contribution is 6.89. The summed E-state index contributed by atoms with van der Waals surface area (Å²) in [6.45, 7) is 22.8. The topological polar surface area (TPSA) is 48.5 Å². The van der Waals surface area contributed by atoms with Crippen molar-refractivity contribution >= 4 is 19.0 Å². The van der Waals surface area contributed by atoms with Gasteiger partial charge in [0.25, 0.3) is 0 Å². The maximum atomic E-state index is 10.0. The molecule has 2 N–H and O–H groups in total. The maximum absolute atomic E-state index is 10.0. The number of benzene rings is 1.